The molecule has 1 heterocycles. The van der Waals surface area contributed by atoms with Crippen molar-refractivity contribution in [2.24, 2.45) is 4.99 Å². The Balaban J connectivity index is 0.00000288. The summed E-state index contributed by atoms with van der Waals surface area (Å²) in [7, 11) is -1.30. The van der Waals surface area contributed by atoms with Gasteiger partial charge in [0.2, 0.25) is 0 Å². The second-order valence-corrected chi connectivity index (χ2v) is 9.27. The van der Waals surface area contributed by atoms with Crippen molar-refractivity contribution in [2.45, 2.75) is 38.5 Å². The molecule has 2 rings (SSSR count). The minimum absolute atomic E-state index is 0. The number of sulfone groups is 1. The lowest BCUT2D eigenvalue weighted by Gasteiger charge is -2.39. The molecule has 1 aromatic carbocycles. The molecule has 5 nitrogen and oxygen atoms in total. The summed E-state index contributed by atoms with van der Waals surface area (Å²) < 4.78 is 23.5. The third kappa shape index (κ3) is 4.62. The Morgan fingerprint density at radius 1 is 1.29 bits per heavy atom. The maximum Gasteiger partial charge on any atom is 0.193 e. The monoisotopic (exact) mass is 465 g/mol. The normalized spacial score (nSPS) is 19.5. The van der Waals surface area contributed by atoms with Gasteiger partial charge in [-0.1, -0.05) is 31.2 Å². The van der Waals surface area contributed by atoms with Crippen molar-refractivity contribution in [3.05, 3.63) is 35.4 Å². The van der Waals surface area contributed by atoms with E-state index in [0.29, 0.717) is 19.6 Å². The minimum Gasteiger partial charge on any atom is -0.352 e. The molecule has 0 amide bonds. The first-order valence-electron chi connectivity index (χ1n) is 8.05. The first kappa shape index (κ1) is 21.2. The van der Waals surface area contributed by atoms with E-state index in [-0.39, 0.29) is 29.7 Å². The lowest BCUT2D eigenvalue weighted by atomic mass is 10.1. The fourth-order valence-corrected chi connectivity index (χ4v) is 4.27. The van der Waals surface area contributed by atoms with Crippen LogP contribution in [-0.4, -0.2) is 49.9 Å². The van der Waals surface area contributed by atoms with Gasteiger partial charge in [0, 0.05) is 26.7 Å². The molecule has 136 valence electrons. The molecule has 24 heavy (non-hydrogen) atoms. The summed E-state index contributed by atoms with van der Waals surface area (Å²) in [6.07, 6.45) is 0.992. The van der Waals surface area contributed by atoms with E-state index >= 15 is 0 Å². The summed E-state index contributed by atoms with van der Waals surface area (Å²) >= 11 is 0. The van der Waals surface area contributed by atoms with Gasteiger partial charge in [0.25, 0.3) is 0 Å². The predicted molar refractivity (Wildman–Crippen MR) is 111 cm³/mol. The van der Waals surface area contributed by atoms with Crippen molar-refractivity contribution in [3.63, 3.8) is 0 Å². The first-order chi connectivity index (χ1) is 10.8. The van der Waals surface area contributed by atoms with Crippen LogP contribution in [-0.2, 0) is 22.8 Å². The highest BCUT2D eigenvalue weighted by molar-refractivity contribution is 14.0. The van der Waals surface area contributed by atoms with E-state index in [9.17, 15) is 8.42 Å². The number of nitrogens with zero attached hydrogens (tertiary/aromatic N) is 2. The Labute approximate surface area is 162 Å². The van der Waals surface area contributed by atoms with Gasteiger partial charge in [0.05, 0.1) is 10.5 Å². The van der Waals surface area contributed by atoms with Crippen LogP contribution in [0.15, 0.2) is 29.3 Å². The van der Waals surface area contributed by atoms with Crippen LogP contribution in [0.1, 0.15) is 31.9 Å². The van der Waals surface area contributed by atoms with Gasteiger partial charge in [-0.2, -0.15) is 0 Å². The van der Waals surface area contributed by atoms with E-state index < -0.39 is 14.6 Å². The molecular formula is C17H28IN3O2S. The van der Waals surface area contributed by atoms with Crippen LogP contribution in [0.2, 0.25) is 0 Å². The molecule has 1 N–H and O–H groups in total. The summed E-state index contributed by atoms with van der Waals surface area (Å²) in [4.78, 5) is 6.37. The van der Waals surface area contributed by atoms with Crippen molar-refractivity contribution in [1.29, 1.82) is 0 Å². The number of guanidine groups is 1. The molecule has 0 unspecified atom stereocenters. The van der Waals surface area contributed by atoms with Gasteiger partial charge in [-0.15, -0.1) is 24.0 Å². The summed E-state index contributed by atoms with van der Waals surface area (Å²) in [5.74, 6) is 0.936. The number of hydrogen-bond donors (Lipinski definition) is 1. The summed E-state index contributed by atoms with van der Waals surface area (Å²) in [5.41, 5.74) is 2.57. The minimum atomic E-state index is -3.04. The number of aryl methyl sites for hydroxylation is 1. The van der Waals surface area contributed by atoms with Crippen LogP contribution in [0.3, 0.4) is 0 Å². The Morgan fingerprint density at radius 3 is 2.46 bits per heavy atom. The third-order valence-electron chi connectivity index (χ3n) is 4.49. The maximum atomic E-state index is 12.1. The van der Waals surface area contributed by atoms with Gasteiger partial charge >= 0.3 is 0 Å². The van der Waals surface area contributed by atoms with Crippen molar-refractivity contribution in [3.8, 4) is 0 Å². The van der Waals surface area contributed by atoms with Crippen molar-refractivity contribution < 1.29 is 8.42 Å². The fourth-order valence-electron chi connectivity index (χ4n) is 2.91. The molecule has 1 fully saturated rings. The van der Waals surface area contributed by atoms with E-state index in [1.807, 2.05) is 11.0 Å². The van der Waals surface area contributed by atoms with E-state index in [1.54, 1.807) is 20.9 Å². The second-order valence-electron chi connectivity index (χ2n) is 6.52. The smallest absolute Gasteiger partial charge is 0.193 e. The second kappa shape index (κ2) is 8.51. The van der Waals surface area contributed by atoms with Crippen molar-refractivity contribution in [1.82, 2.24) is 10.2 Å². The Morgan fingerprint density at radius 2 is 1.92 bits per heavy atom. The molecular weight excluding hydrogens is 437 g/mol. The first-order valence-corrected chi connectivity index (χ1v) is 9.70. The van der Waals surface area contributed by atoms with Crippen LogP contribution in [0.4, 0.5) is 0 Å². The molecule has 0 spiro atoms. The number of nitrogens with one attached hydrogen (secondary N) is 1. The molecule has 0 atom stereocenters. The highest BCUT2D eigenvalue weighted by Crippen LogP contribution is 2.23. The Kier molecular flexibility index (Phi) is 7.52. The van der Waals surface area contributed by atoms with Gasteiger partial charge < -0.3 is 10.2 Å². The van der Waals surface area contributed by atoms with Gasteiger partial charge in [0.1, 0.15) is 0 Å². The number of benzene rings is 1. The topological polar surface area (TPSA) is 61.8 Å². The van der Waals surface area contributed by atoms with Crippen LogP contribution in [0.5, 0.6) is 0 Å². The third-order valence-corrected chi connectivity index (χ3v) is 7.02. The van der Waals surface area contributed by atoms with E-state index in [4.69, 9.17) is 0 Å². The van der Waals surface area contributed by atoms with Crippen LogP contribution < -0.4 is 5.32 Å². The largest absolute Gasteiger partial charge is 0.352 e. The zero-order valence-corrected chi connectivity index (χ0v) is 18.0. The molecule has 0 aromatic heterocycles. The fraction of sp³-hybridized carbons (Fsp3) is 0.588. The number of rotatable bonds is 3. The van der Waals surface area contributed by atoms with E-state index in [2.05, 4.69) is 35.4 Å². The molecule has 0 aliphatic carbocycles. The van der Waals surface area contributed by atoms with Gasteiger partial charge in [-0.05, 0) is 31.4 Å². The van der Waals surface area contributed by atoms with Crippen LogP contribution in [0.25, 0.3) is 0 Å². The molecule has 0 bridgehead atoms. The standard InChI is InChI=1S/C17H27N3O2S.HI/c1-5-14-8-6-7-9-15(14)12-19-16(18-4)20-10-11-23(21,22)17(2,3)13-20;/h6-9H,5,10-13H2,1-4H3,(H,18,19);1H. The average Bonchev–Trinajstić information content (AvgIpc) is 2.51. The number of aliphatic imine (C=N–C) groups is 1. The quantitative estimate of drug-likeness (QED) is 0.423. The molecule has 0 saturated carbocycles. The maximum absolute atomic E-state index is 12.1. The molecule has 0 radical (unpaired) electrons. The molecule has 1 aliphatic heterocycles. The molecule has 1 aliphatic rings. The van der Waals surface area contributed by atoms with E-state index in [0.717, 1.165) is 12.4 Å². The molecule has 7 heteroatoms. The average molecular weight is 465 g/mol. The van der Waals surface area contributed by atoms with Gasteiger partial charge in [-0.25, -0.2) is 8.42 Å². The lowest BCUT2D eigenvalue weighted by molar-refractivity contribution is 0.353. The summed E-state index contributed by atoms with van der Waals surface area (Å²) in [6.45, 7) is 7.36. The zero-order valence-electron chi connectivity index (χ0n) is 14.9. The lowest BCUT2D eigenvalue weighted by Crippen LogP contribution is -2.57. The van der Waals surface area contributed by atoms with E-state index in [1.165, 1.54) is 11.1 Å². The molecule has 1 aromatic rings. The van der Waals surface area contributed by atoms with Crippen LogP contribution in [0, 0.1) is 0 Å². The van der Waals surface area contributed by atoms with Gasteiger partial charge in [0.15, 0.2) is 15.8 Å². The Bertz CT molecular complexity index is 687. The number of hydrogen-bond acceptors (Lipinski definition) is 3. The summed E-state index contributed by atoms with van der Waals surface area (Å²) in [5, 5.41) is 3.38. The van der Waals surface area contributed by atoms with Crippen molar-refractivity contribution >= 4 is 39.8 Å². The predicted octanol–water partition coefficient (Wildman–Crippen LogP) is 2.45. The Hall–Kier alpha value is -0.830. The van der Waals surface area contributed by atoms with Crippen molar-refractivity contribution in [2.75, 3.05) is 25.9 Å². The highest BCUT2D eigenvalue weighted by atomic mass is 127. The molecule has 1 saturated heterocycles. The van der Waals surface area contributed by atoms with Crippen LogP contribution >= 0.6 is 24.0 Å². The number of halogens is 1. The van der Waals surface area contributed by atoms with Gasteiger partial charge in [-0.3, -0.25) is 4.99 Å². The SMILES string of the molecule is CCc1ccccc1CNC(=NC)N1CCS(=O)(=O)C(C)(C)C1.I. The summed E-state index contributed by atoms with van der Waals surface area (Å²) in [6, 6.07) is 8.34. The highest BCUT2D eigenvalue weighted by Gasteiger charge is 2.40. The zero-order chi connectivity index (χ0) is 17.1.